The molecule has 2 aromatic carbocycles. The van der Waals surface area contributed by atoms with Crippen molar-refractivity contribution in [2.45, 2.75) is 0 Å². The van der Waals surface area contributed by atoms with Gasteiger partial charge in [-0.15, -0.1) is 0 Å². The number of fused-ring (bicyclic) bond motifs is 1. The number of nitrogens with one attached hydrogen (secondary N) is 1. The number of rotatable bonds is 9. The first-order chi connectivity index (χ1) is 18.2. The van der Waals surface area contributed by atoms with E-state index < -0.39 is 0 Å². The number of halogens is 2. The van der Waals surface area contributed by atoms with Crippen LogP contribution in [0, 0.1) is 0 Å². The molecule has 9 nitrogen and oxygen atoms in total. The second-order valence-corrected chi connectivity index (χ2v) is 9.55. The summed E-state index contributed by atoms with van der Waals surface area (Å²) in [6.45, 7) is 1.54. The monoisotopic (exact) mass is 554 g/mol. The molecule has 0 radical (unpaired) electrons. The zero-order valence-electron chi connectivity index (χ0n) is 21.7. The number of carbonyl (C=O) groups is 1. The van der Waals surface area contributed by atoms with Crippen LogP contribution in [0.1, 0.15) is 10.4 Å². The summed E-state index contributed by atoms with van der Waals surface area (Å²) in [4.78, 5) is 31.0. The molecule has 0 saturated carbocycles. The van der Waals surface area contributed by atoms with E-state index in [2.05, 4.69) is 20.2 Å². The van der Waals surface area contributed by atoms with Crippen molar-refractivity contribution in [1.82, 2.24) is 19.9 Å². The molecule has 0 fully saturated rings. The normalized spacial score (nSPS) is 11.1. The zero-order chi connectivity index (χ0) is 27.4. The lowest BCUT2D eigenvalue weighted by molar-refractivity contribution is 0.102. The summed E-state index contributed by atoms with van der Waals surface area (Å²) in [7, 11) is 8.98. The van der Waals surface area contributed by atoms with E-state index in [1.165, 1.54) is 14.2 Å². The van der Waals surface area contributed by atoms with Crippen LogP contribution in [0.25, 0.3) is 22.2 Å². The van der Waals surface area contributed by atoms with Crippen LogP contribution in [-0.2, 0) is 0 Å². The van der Waals surface area contributed by atoms with Crippen LogP contribution in [0.2, 0.25) is 10.0 Å². The van der Waals surface area contributed by atoms with Crippen molar-refractivity contribution < 1.29 is 14.3 Å². The SMILES string of the molecule is COc1cc(OC)c(Cl)c(-c2ccc(C(=O)Nc3cccnc3)c3ncc(N(C)CCN(C)C)nc23)c1Cl. The summed E-state index contributed by atoms with van der Waals surface area (Å²) >= 11 is 13.5. The molecule has 198 valence electrons. The quantitative estimate of drug-likeness (QED) is 0.299. The molecule has 1 amide bonds. The zero-order valence-corrected chi connectivity index (χ0v) is 23.3. The first-order valence-corrected chi connectivity index (χ1v) is 12.5. The Balaban J connectivity index is 1.93. The van der Waals surface area contributed by atoms with Crippen LogP contribution >= 0.6 is 23.2 Å². The average Bonchev–Trinajstić information content (AvgIpc) is 2.92. The van der Waals surface area contributed by atoms with Crippen LogP contribution in [0.5, 0.6) is 11.5 Å². The molecule has 0 aliphatic heterocycles. The van der Waals surface area contributed by atoms with Gasteiger partial charge in [0.05, 0.1) is 53.4 Å². The molecule has 1 N–H and O–H groups in total. The number of methoxy groups -OCH3 is 2. The Bertz CT molecular complexity index is 1440. The van der Waals surface area contributed by atoms with E-state index in [1.54, 1.807) is 48.9 Å². The lowest BCUT2D eigenvalue weighted by Crippen LogP contribution is -2.29. The first-order valence-electron chi connectivity index (χ1n) is 11.7. The highest BCUT2D eigenvalue weighted by Gasteiger charge is 2.24. The van der Waals surface area contributed by atoms with Crippen LogP contribution in [0.3, 0.4) is 0 Å². The van der Waals surface area contributed by atoms with Gasteiger partial charge in [-0.2, -0.15) is 0 Å². The maximum absolute atomic E-state index is 13.3. The number of aromatic nitrogens is 3. The average molecular weight is 555 g/mol. The van der Waals surface area contributed by atoms with E-state index in [4.69, 9.17) is 37.7 Å². The maximum atomic E-state index is 13.3. The fourth-order valence-corrected chi connectivity index (χ4v) is 4.58. The molecule has 4 aromatic rings. The molecular formula is C27H28Cl2N6O3. The molecule has 0 atom stereocenters. The van der Waals surface area contributed by atoms with Crippen molar-refractivity contribution >= 4 is 51.6 Å². The van der Waals surface area contributed by atoms with Crippen molar-refractivity contribution in [2.24, 2.45) is 0 Å². The Kier molecular flexibility index (Phi) is 8.51. The minimum atomic E-state index is -0.349. The lowest BCUT2D eigenvalue weighted by Gasteiger charge is -2.21. The second-order valence-electron chi connectivity index (χ2n) is 8.79. The standard InChI is InChI=1S/C27H28Cl2N6O3/c1-34(2)11-12-35(3)21-15-31-25-18(27(36)32-16-7-6-10-30-14-16)9-8-17(26(25)33-21)22-23(28)19(37-4)13-20(38-5)24(22)29/h6-10,13-15H,11-12H2,1-5H3,(H,32,36). The molecule has 0 bridgehead atoms. The molecule has 0 unspecified atom stereocenters. The van der Waals surface area contributed by atoms with E-state index in [0.29, 0.717) is 60.8 Å². The van der Waals surface area contributed by atoms with E-state index in [-0.39, 0.29) is 5.91 Å². The number of anilines is 2. The van der Waals surface area contributed by atoms with Crippen molar-refractivity contribution in [3.8, 4) is 22.6 Å². The van der Waals surface area contributed by atoms with E-state index >= 15 is 0 Å². The molecule has 0 aliphatic carbocycles. The van der Waals surface area contributed by atoms with Gasteiger partial charge in [-0.05, 0) is 32.3 Å². The summed E-state index contributed by atoms with van der Waals surface area (Å²) < 4.78 is 10.9. The molecule has 38 heavy (non-hydrogen) atoms. The number of ether oxygens (including phenoxy) is 2. The number of benzene rings is 2. The molecule has 0 spiro atoms. The highest BCUT2D eigenvalue weighted by atomic mass is 35.5. The Labute approximate surface area is 231 Å². The van der Waals surface area contributed by atoms with Gasteiger partial charge in [-0.3, -0.25) is 9.78 Å². The number of pyridine rings is 1. The number of nitrogens with zero attached hydrogens (tertiary/aromatic N) is 5. The van der Waals surface area contributed by atoms with Gasteiger partial charge in [0.2, 0.25) is 0 Å². The fourth-order valence-electron chi connectivity index (χ4n) is 3.88. The van der Waals surface area contributed by atoms with Crippen molar-refractivity contribution in [3.05, 3.63) is 64.5 Å². The maximum Gasteiger partial charge on any atom is 0.257 e. The van der Waals surface area contributed by atoms with E-state index in [1.807, 2.05) is 26.0 Å². The van der Waals surface area contributed by atoms with E-state index in [9.17, 15) is 4.79 Å². The summed E-state index contributed by atoms with van der Waals surface area (Å²) in [6.07, 6.45) is 4.85. The fraction of sp³-hybridized carbons (Fsp3) is 0.259. The van der Waals surface area contributed by atoms with Gasteiger partial charge in [-0.1, -0.05) is 29.3 Å². The Morgan fingerprint density at radius 2 is 1.68 bits per heavy atom. The second kappa shape index (κ2) is 11.8. The number of hydrogen-bond donors (Lipinski definition) is 1. The largest absolute Gasteiger partial charge is 0.495 e. The lowest BCUT2D eigenvalue weighted by atomic mass is 9.99. The predicted octanol–water partition coefficient (Wildman–Crippen LogP) is 5.27. The molecule has 0 aliphatic rings. The molecule has 0 saturated heterocycles. The number of amides is 1. The van der Waals surface area contributed by atoms with Crippen LogP contribution in [0.15, 0.2) is 48.9 Å². The minimum absolute atomic E-state index is 0.292. The summed E-state index contributed by atoms with van der Waals surface area (Å²) in [5.41, 5.74) is 2.80. The Morgan fingerprint density at radius 1 is 0.974 bits per heavy atom. The first kappa shape index (κ1) is 27.4. The smallest absolute Gasteiger partial charge is 0.257 e. The highest BCUT2D eigenvalue weighted by molar-refractivity contribution is 6.41. The van der Waals surface area contributed by atoms with Gasteiger partial charge in [0.1, 0.15) is 22.8 Å². The van der Waals surface area contributed by atoms with Gasteiger partial charge in [0, 0.05) is 43.5 Å². The molecule has 4 rings (SSSR count). The van der Waals surface area contributed by atoms with Crippen molar-refractivity contribution in [1.29, 1.82) is 0 Å². The topological polar surface area (TPSA) is 92.7 Å². The highest BCUT2D eigenvalue weighted by Crippen LogP contribution is 2.47. The number of likely N-dealkylation sites (N-methyl/N-ethyl adjacent to an activating group) is 2. The number of carbonyl (C=O) groups excluding carboxylic acids is 1. The van der Waals surface area contributed by atoms with Crippen molar-refractivity contribution in [3.63, 3.8) is 0 Å². The van der Waals surface area contributed by atoms with Crippen LogP contribution in [-0.4, -0.2) is 74.2 Å². The summed E-state index contributed by atoms with van der Waals surface area (Å²) in [6, 6.07) is 8.55. The number of hydrogen-bond acceptors (Lipinski definition) is 8. The molecule has 2 aromatic heterocycles. The third-order valence-electron chi connectivity index (χ3n) is 5.97. The molecule has 2 heterocycles. The van der Waals surface area contributed by atoms with E-state index in [0.717, 1.165) is 13.1 Å². The third-order valence-corrected chi connectivity index (χ3v) is 6.72. The van der Waals surface area contributed by atoms with Crippen molar-refractivity contribution in [2.75, 3.05) is 58.7 Å². The van der Waals surface area contributed by atoms with Gasteiger partial charge < -0.3 is 24.6 Å². The van der Waals surface area contributed by atoms with Crippen LogP contribution < -0.4 is 19.7 Å². The van der Waals surface area contributed by atoms with Gasteiger partial charge in [0.15, 0.2) is 0 Å². The summed E-state index contributed by atoms with van der Waals surface area (Å²) in [5.74, 6) is 1.06. The van der Waals surface area contributed by atoms with Gasteiger partial charge >= 0.3 is 0 Å². The van der Waals surface area contributed by atoms with Gasteiger partial charge in [-0.25, -0.2) is 9.97 Å². The Hall–Kier alpha value is -3.66. The minimum Gasteiger partial charge on any atom is -0.495 e. The van der Waals surface area contributed by atoms with Crippen LogP contribution in [0.4, 0.5) is 11.5 Å². The Morgan fingerprint density at radius 3 is 2.29 bits per heavy atom. The predicted molar refractivity (Wildman–Crippen MR) is 152 cm³/mol. The van der Waals surface area contributed by atoms with Gasteiger partial charge in [0.25, 0.3) is 5.91 Å². The molecule has 11 heteroatoms. The third kappa shape index (κ3) is 5.60. The molecular weight excluding hydrogens is 527 g/mol. The summed E-state index contributed by atoms with van der Waals surface area (Å²) in [5, 5.41) is 3.45.